The minimum Gasteiger partial charge on any atom is -0.479 e. The van der Waals surface area contributed by atoms with Gasteiger partial charge in [-0.15, -0.1) is 0 Å². The molecule has 0 fully saturated rings. The van der Waals surface area contributed by atoms with Crippen molar-refractivity contribution in [2.24, 2.45) is 0 Å². The number of benzene rings is 1. The summed E-state index contributed by atoms with van der Waals surface area (Å²) in [6, 6.07) is 5.70. The maximum absolute atomic E-state index is 11.9. The number of hydrogen-bond donors (Lipinski definition) is 1. The van der Waals surface area contributed by atoms with Gasteiger partial charge in [-0.1, -0.05) is 15.9 Å². The fraction of sp³-hybridized carbons (Fsp3) is 0.364. The van der Waals surface area contributed by atoms with Crippen molar-refractivity contribution in [1.29, 1.82) is 0 Å². The van der Waals surface area contributed by atoms with Crippen LogP contribution in [0.3, 0.4) is 0 Å². The van der Waals surface area contributed by atoms with Crippen LogP contribution in [-0.4, -0.2) is 24.5 Å². The zero-order chi connectivity index (χ0) is 11.7. The second-order valence-corrected chi connectivity index (χ2v) is 4.08. The number of nitrogens with zero attached hydrogens (tertiary/aromatic N) is 1. The smallest absolute Gasteiger partial charge is 0.268 e. The topological polar surface area (TPSA) is 41.6 Å². The van der Waals surface area contributed by atoms with E-state index in [-0.39, 0.29) is 5.91 Å². The Kier molecular flexibility index (Phi) is 3.05. The molecule has 1 amide bonds. The van der Waals surface area contributed by atoms with Crippen LogP contribution in [0.4, 0.5) is 11.4 Å². The fourth-order valence-electron chi connectivity index (χ4n) is 1.69. The number of fused-ring (bicyclic) bond motifs is 1. The fourth-order valence-corrected chi connectivity index (χ4v) is 2.20. The van der Waals surface area contributed by atoms with Crippen molar-refractivity contribution in [3.05, 3.63) is 18.2 Å². The minimum atomic E-state index is -0.425. The molecule has 16 heavy (non-hydrogen) atoms. The lowest BCUT2D eigenvalue weighted by molar-refractivity contribution is -0.125. The molecule has 4 nitrogen and oxygen atoms in total. The first-order valence-corrected chi connectivity index (χ1v) is 6.15. The van der Waals surface area contributed by atoms with Crippen molar-refractivity contribution in [3.8, 4) is 5.75 Å². The number of ether oxygens (including phenoxy) is 1. The van der Waals surface area contributed by atoms with Gasteiger partial charge in [0.15, 0.2) is 6.10 Å². The van der Waals surface area contributed by atoms with Gasteiger partial charge in [-0.3, -0.25) is 9.69 Å². The lowest BCUT2D eigenvalue weighted by atomic mass is 10.2. The maximum Gasteiger partial charge on any atom is 0.268 e. The van der Waals surface area contributed by atoms with Gasteiger partial charge < -0.3 is 10.1 Å². The number of halogens is 1. The first-order chi connectivity index (χ1) is 7.67. The van der Waals surface area contributed by atoms with Crippen LogP contribution in [0.25, 0.3) is 0 Å². The van der Waals surface area contributed by atoms with Crippen molar-refractivity contribution in [2.45, 2.75) is 13.0 Å². The average Bonchev–Trinajstić information content (AvgIpc) is 2.30. The number of carbonyl (C=O) groups excluding carboxylic acids is 1. The highest BCUT2D eigenvalue weighted by Crippen LogP contribution is 2.36. The molecular weight excluding hydrogens is 272 g/mol. The molecule has 1 N–H and O–H groups in total. The van der Waals surface area contributed by atoms with E-state index >= 15 is 0 Å². The molecule has 1 aliphatic heterocycles. The predicted molar refractivity (Wildman–Crippen MR) is 67.4 cm³/mol. The van der Waals surface area contributed by atoms with Crippen LogP contribution < -0.4 is 15.0 Å². The molecule has 0 radical (unpaired) electrons. The first-order valence-electron chi connectivity index (χ1n) is 5.03. The molecule has 0 aliphatic carbocycles. The van der Waals surface area contributed by atoms with Crippen molar-refractivity contribution >= 4 is 33.2 Å². The number of nitrogens with one attached hydrogen (secondary N) is 1. The van der Waals surface area contributed by atoms with Gasteiger partial charge in [0.1, 0.15) is 5.75 Å². The highest BCUT2D eigenvalue weighted by molar-refractivity contribution is 9.09. The van der Waals surface area contributed by atoms with Gasteiger partial charge in [-0.25, -0.2) is 0 Å². The molecule has 86 valence electrons. The molecule has 1 heterocycles. The molecule has 1 atom stereocenters. The third-order valence-corrected chi connectivity index (χ3v) is 3.08. The summed E-state index contributed by atoms with van der Waals surface area (Å²) >= 11 is 3.32. The average molecular weight is 285 g/mol. The first kappa shape index (κ1) is 11.3. The Morgan fingerprint density at radius 1 is 1.56 bits per heavy atom. The van der Waals surface area contributed by atoms with Crippen LogP contribution in [-0.2, 0) is 4.79 Å². The van der Waals surface area contributed by atoms with E-state index in [9.17, 15) is 4.79 Å². The van der Waals surface area contributed by atoms with E-state index in [1.54, 1.807) is 11.8 Å². The van der Waals surface area contributed by atoms with Gasteiger partial charge in [0.2, 0.25) is 0 Å². The van der Waals surface area contributed by atoms with Gasteiger partial charge in [0.25, 0.3) is 5.91 Å². The second kappa shape index (κ2) is 4.33. The standard InChI is InChI=1S/C11H13BrN2O2/c1-7-11(15)14(6-12)9-5-8(13-2)3-4-10(9)16-7/h3-5,7,13H,6H2,1-2H3. The van der Waals surface area contributed by atoms with E-state index in [0.29, 0.717) is 5.45 Å². The van der Waals surface area contributed by atoms with E-state index < -0.39 is 6.10 Å². The summed E-state index contributed by atoms with van der Waals surface area (Å²) in [6.07, 6.45) is -0.425. The summed E-state index contributed by atoms with van der Waals surface area (Å²) in [7, 11) is 1.84. The number of hydrogen-bond acceptors (Lipinski definition) is 3. The SMILES string of the molecule is CNc1ccc2c(c1)N(CBr)C(=O)C(C)O2. The molecule has 1 aromatic rings. The summed E-state index contributed by atoms with van der Waals surface area (Å²) in [5.41, 5.74) is 2.22. The van der Waals surface area contributed by atoms with Crippen LogP contribution in [0.2, 0.25) is 0 Å². The normalized spacial score (nSPS) is 19.1. The molecule has 0 saturated carbocycles. The van der Waals surface area contributed by atoms with Crippen molar-refractivity contribution in [2.75, 3.05) is 22.7 Å². The quantitative estimate of drug-likeness (QED) is 0.669. The van der Waals surface area contributed by atoms with Crippen LogP contribution in [0.15, 0.2) is 18.2 Å². The van der Waals surface area contributed by atoms with Gasteiger partial charge in [0.05, 0.1) is 11.1 Å². The van der Waals surface area contributed by atoms with E-state index in [2.05, 4.69) is 21.2 Å². The highest BCUT2D eigenvalue weighted by Gasteiger charge is 2.30. The van der Waals surface area contributed by atoms with Crippen molar-refractivity contribution in [1.82, 2.24) is 0 Å². The lowest BCUT2D eigenvalue weighted by Crippen LogP contribution is -2.43. The van der Waals surface area contributed by atoms with Crippen LogP contribution in [0, 0.1) is 0 Å². The number of anilines is 2. The Balaban J connectivity index is 2.48. The molecule has 1 aliphatic rings. The van der Waals surface area contributed by atoms with Gasteiger partial charge >= 0.3 is 0 Å². The monoisotopic (exact) mass is 284 g/mol. The number of alkyl halides is 1. The number of amides is 1. The van der Waals surface area contributed by atoms with E-state index in [4.69, 9.17) is 4.74 Å². The summed E-state index contributed by atoms with van der Waals surface area (Å²) < 4.78 is 5.54. The van der Waals surface area contributed by atoms with Crippen molar-refractivity contribution in [3.63, 3.8) is 0 Å². The second-order valence-electron chi connectivity index (χ2n) is 3.58. The molecule has 1 aromatic carbocycles. The number of rotatable bonds is 2. The van der Waals surface area contributed by atoms with Crippen molar-refractivity contribution < 1.29 is 9.53 Å². The van der Waals surface area contributed by atoms with E-state index in [1.807, 2.05) is 25.2 Å². The Bertz CT molecular complexity index is 422. The Morgan fingerprint density at radius 2 is 2.31 bits per heavy atom. The van der Waals surface area contributed by atoms with Gasteiger partial charge in [-0.05, 0) is 25.1 Å². The third-order valence-electron chi connectivity index (χ3n) is 2.58. The molecule has 0 spiro atoms. The zero-order valence-electron chi connectivity index (χ0n) is 9.16. The van der Waals surface area contributed by atoms with E-state index in [1.165, 1.54) is 0 Å². The zero-order valence-corrected chi connectivity index (χ0v) is 10.7. The minimum absolute atomic E-state index is 0.0300. The van der Waals surface area contributed by atoms with Crippen LogP contribution in [0.5, 0.6) is 5.75 Å². The lowest BCUT2D eigenvalue weighted by Gasteiger charge is -2.31. The van der Waals surface area contributed by atoms with Crippen LogP contribution >= 0.6 is 15.9 Å². The Labute approximate surface area is 103 Å². The maximum atomic E-state index is 11.9. The molecular formula is C11H13BrN2O2. The molecule has 5 heteroatoms. The number of carbonyl (C=O) groups is 1. The van der Waals surface area contributed by atoms with Gasteiger partial charge in [0, 0.05) is 12.7 Å². The predicted octanol–water partition coefficient (Wildman–Crippen LogP) is 2.19. The largest absolute Gasteiger partial charge is 0.479 e. The Morgan fingerprint density at radius 3 is 2.94 bits per heavy atom. The highest BCUT2D eigenvalue weighted by atomic mass is 79.9. The summed E-state index contributed by atoms with van der Waals surface area (Å²) in [4.78, 5) is 13.5. The summed E-state index contributed by atoms with van der Waals surface area (Å²) in [5.74, 6) is 0.711. The molecule has 0 bridgehead atoms. The van der Waals surface area contributed by atoms with Gasteiger partial charge in [-0.2, -0.15) is 0 Å². The molecule has 0 saturated heterocycles. The molecule has 1 unspecified atom stereocenters. The summed E-state index contributed by atoms with van der Waals surface area (Å²) in [6.45, 7) is 1.76. The molecule has 2 rings (SSSR count). The van der Waals surface area contributed by atoms with E-state index in [0.717, 1.165) is 17.1 Å². The third kappa shape index (κ3) is 1.75. The van der Waals surface area contributed by atoms with Crippen LogP contribution in [0.1, 0.15) is 6.92 Å². The Hall–Kier alpha value is -1.23. The summed E-state index contributed by atoms with van der Waals surface area (Å²) in [5, 5.41) is 3.04. The molecule has 0 aromatic heterocycles.